The van der Waals surface area contributed by atoms with Gasteiger partial charge in [-0.2, -0.15) is 0 Å². The summed E-state index contributed by atoms with van der Waals surface area (Å²) in [5, 5.41) is 21.1. The number of hydrogen-bond acceptors (Lipinski definition) is 5. The van der Waals surface area contributed by atoms with Crippen molar-refractivity contribution >= 4 is 11.9 Å². The van der Waals surface area contributed by atoms with Crippen LogP contribution in [0.2, 0.25) is 0 Å². The molecule has 1 heterocycles. The highest BCUT2D eigenvalue weighted by Crippen LogP contribution is 2.05. The molecule has 0 aliphatic carbocycles. The predicted molar refractivity (Wildman–Crippen MR) is 63.1 cm³/mol. The SMILES string of the molecule is CCC(O)CCNc1nc(C)cc(C(=O)O)n1. The molecule has 1 rings (SSSR count). The molecule has 0 aliphatic heterocycles. The second kappa shape index (κ2) is 6.15. The van der Waals surface area contributed by atoms with Crippen molar-refractivity contribution in [1.82, 2.24) is 9.97 Å². The fourth-order valence-electron chi connectivity index (χ4n) is 1.31. The Morgan fingerprint density at radius 2 is 2.24 bits per heavy atom. The second-order valence-electron chi connectivity index (χ2n) is 3.80. The summed E-state index contributed by atoms with van der Waals surface area (Å²) in [5.74, 6) is -0.794. The Morgan fingerprint density at radius 3 is 2.82 bits per heavy atom. The number of aryl methyl sites for hydroxylation is 1. The molecule has 3 N–H and O–H groups in total. The highest BCUT2D eigenvalue weighted by Gasteiger charge is 2.08. The zero-order chi connectivity index (χ0) is 12.8. The smallest absolute Gasteiger partial charge is 0.354 e. The Bertz CT molecular complexity index is 396. The molecule has 0 aromatic carbocycles. The highest BCUT2D eigenvalue weighted by molar-refractivity contribution is 5.85. The van der Waals surface area contributed by atoms with Crippen LogP contribution >= 0.6 is 0 Å². The maximum atomic E-state index is 10.8. The molecule has 1 aromatic heterocycles. The van der Waals surface area contributed by atoms with Crippen LogP contribution in [0.15, 0.2) is 6.07 Å². The van der Waals surface area contributed by atoms with Gasteiger partial charge in [0.25, 0.3) is 0 Å². The maximum Gasteiger partial charge on any atom is 0.354 e. The van der Waals surface area contributed by atoms with Gasteiger partial charge in [0.2, 0.25) is 5.95 Å². The van der Waals surface area contributed by atoms with E-state index in [1.807, 2.05) is 6.92 Å². The molecule has 0 saturated carbocycles. The fraction of sp³-hybridized carbons (Fsp3) is 0.545. The number of nitrogens with one attached hydrogen (secondary N) is 1. The van der Waals surface area contributed by atoms with E-state index in [4.69, 9.17) is 5.11 Å². The molecular formula is C11H17N3O3. The van der Waals surface area contributed by atoms with Gasteiger partial charge in [0, 0.05) is 12.2 Å². The van der Waals surface area contributed by atoms with Crippen LogP contribution in [0, 0.1) is 6.92 Å². The van der Waals surface area contributed by atoms with Crippen LogP contribution in [0.1, 0.15) is 35.9 Å². The molecule has 1 unspecified atom stereocenters. The molecule has 6 heteroatoms. The summed E-state index contributed by atoms with van der Waals surface area (Å²) in [6, 6.07) is 1.41. The van der Waals surface area contributed by atoms with Crippen LogP contribution < -0.4 is 5.32 Å². The summed E-state index contributed by atoms with van der Waals surface area (Å²) in [4.78, 5) is 18.7. The number of aliphatic hydroxyl groups excluding tert-OH is 1. The van der Waals surface area contributed by atoms with E-state index in [2.05, 4.69) is 15.3 Å². The number of anilines is 1. The minimum Gasteiger partial charge on any atom is -0.477 e. The van der Waals surface area contributed by atoms with Crippen LogP contribution in [-0.4, -0.2) is 38.8 Å². The van der Waals surface area contributed by atoms with Crippen molar-refractivity contribution in [3.63, 3.8) is 0 Å². The van der Waals surface area contributed by atoms with E-state index in [0.717, 1.165) is 0 Å². The summed E-state index contributed by atoms with van der Waals surface area (Å²) in [6.45, 7) is 4.12. The van der Waals surface area contributed by atoms with Crippen LogP contribution in [-0.2, 0) is 0 Å². The van der Waals surface area contributed by atoms with Crippen LogP contribution in [0.25, 0.3) is 0 Å². The highest BCUT2D eigenvalue weighted by atomic mass is 16.4. The third-order valence-electron chi connectivity index (χ3n) is 2.31. The number of carboxylic acid groups (broad SMARTS) is 1. The normalized spacial score (nSPS) is 12.2. The van der Waals surface area contributed by atoms with Crippen molar-refractivity contribution in [2.24, 2.45) is 0 Å². The summed E-state index contributed by atoms with van der Waals surface area (Å²) >= 11 is 0. The largest absolute Gasteiger partial charge is 0.477 e. The standard InChI is InChI=1S/C11H17N3O3/c1-3-8(15)4-5-12-11-13-7(2)6-9(14-11)10(16)17/h6,8,15H,3-5H2,1-2H3,(H,16,17)(H,12,13,14). The van der Waals surface area contributed by atoms with E-state index in [-0.39, 0.29) is 17.7 Å². The lowest BCUT2D eigenvalue weighted by molar-refractivity contribution is 0.0690. The summed E-state index contributed by atoms with van der Waals surface area (Å²) in [6.07, 6.45) is 0.915. The minimum atomic E-state index is -1.08. The van der Waals surface area contributed by atoms with Crippen molar-refractivity contribution in [3.05, 3.63) is 17.5 Å². The molecular weight excluding hydrogens is 222 g/mol. The molecule has 94 valence electrons. The lowest BCUT2D eigenvalue weighted by Gasteiger charge is -2.09. The number of aromatic nitrogens is 2. The van der Waals surface area contributed by atoms with Gasteiger partial charge in [0.05, 0.1) is 6.10 Å². The number of hydrogen-bond donors (Lipinski definition) is 3. The van der Waals surface area contributed by atoms with E-state index >= 15 is 0 Å². The van der Waals surface area contributed by atoms with Crippen molar-refractivity contribution in [3.8, 4) is 0 Å². The van der Waals surface area contributed by atoms with Gasteiger partial charge in [-0.3, -0.25) is 0 Å². The first kappa shape index (κ1) is 13.4. The number of carbonyl (C=O) groups is 1. The zero-order valence-corrected chi connectivity index (χ0v) is 9.97. The van der Waals surface area contributed by atoms with E-state index in [1.165, 1.54) is 6.07 Å². The molecule has 0 spiro atoms. The van der Waals surface area contributed by atoms with Gasteiger partial charge in [0.1, 0.15) is 0 Å². The predicted octanol–water partition coefficient (Wildman–Crippen LogP) is 1.06. The monoisotopic (exact) mass is 239 g/mol. The van der Waals surface area contributed by atoms with Crippen molar-refractivity contribution in [2.75, 3.05) is 11.9 Å². The van der Waals surface area contributed by atoms with Gasteiger partial charge < -0.3 is 15.5 Å². The number of carboxylic acids is 1. The van der Waals surface area contributed by atoms with Crippen LogP contribution in [0.5, 0.6) is 0 Å². The van der Waals surface area contributed by atoms with Gasteiger partial charge in [-0.25, -0.2) is 14.8 Å². The second-order valence-corrected chi connectivity index (χ2v) is 3.80. The van der Waals surface area contributed by atoms with Gasteiger partial charge in [-0.1, -0.05) is 6.92 Å². The van der Waals surface area contributed by atoms with Crippen LogP contribution in [0.4, 0.5) is 5.95 Å². The van der Waals surface area contributed by atoms with Gasteiger partial charge >= 0.3 is 5.97 Å². The molecule has 6 nitrogen and oxygen atoms in total. The van der Waals surface area contributed by atoms with Gasteiger partial charge in [-0.15, -0.1) is 0 Å². The molecule has 1 atom stereocenters. The number of aromatic carboxylic acids is 1. The molecule has 0 aliphatic rings. The molecule has 0 saturated heterocycles. The quantitative estimate of drug-likeness (QED) is 0.687. The lowest BCUT2D eigenvalue weighted by Crippen LogP contribution is -2.15. The Morgan fingerprint density at radius 1 is 1.53 bits per heavy atom. The van der Waals surface area contributed by atoms with Gasteiger partial charge in [-0.05, 0) is 25.8 Å². The van der Waals surface area contributed by atoms with Crippen molar-refractivity contribution < 1.29 is 15.0 Å². The Kier molecular flexibility index (Phi) is 4.84. The number of rotatable bonds is 6. The Labute approximate surface area is 99.7 Å². The third-order valence-corrected chi connectivity index (χ3v) is 2.31. The first-order valence-electron chi connectivity index (χ1n) is 5.53. The molecule has 0 radical (unpaired) electrons. The summed E-state index contributed by atoms with van der Waals surface area (Å²) in [7, 11) is 0. The van der Waals surface area contributed by atoms with E-state index in [0.29, 0.717) is 25.1 Å². The number of nitrogens with zero attached hydrogens (tertiary/aromatic N) is 2. The van der Waals surface area contributed by atoms with Crippen molar-refractivity contribution in [2.45, 2.75) is 32.8 Å². The topological polar surface area (TPSA) is 95.3 Å². The third kappa shape index (κ3) is 4.36. The summed E-state index contributed by atoms with van der Waals surface area (Å²) in [5.41, 5.74) is 0.562. The Hall–Kier alpha value is -1.69. The van der Waals surface area contributed by atoms with E-state index in [9.17, 15) is 9.90 Å². The zero-order valence-electron chi connectivity index (χ0n) is 9.97. The maximum absolute atomic E-state index is 10.8. The molecule has 0 fully saturated rings. The first-order chi connectivity index (χ1) is 8.02. The molecule has 0 amide bonds. The van der Waals surface area contributed by atoms with E-state index in [1.54, 1.807) is 6.92 Å². The average molecular weight is 239 g/mol. The number of aliphatic hydroxyl groups is 1. The summed E-state index contributed by atoms with van der Waals surface area (Å²) < 4.78 is 0. The minimum absolute atomic E-state index is 0.0314. The lowest BCUT2D eigenvalue weighted by atomic mass is 10.2. The molecule has 17 heavy (non-hydrogen) atoms. The van der Waals surface area contributed by atoms with Gasteiger partial charge in [0.15, 0.2) is 5.69 Å². The first-order valence-corrected chi connectivity index (χ1v) is 5.53. The Balaban J connectivity index is 2.62. The van der Waals surface area contributed by atoms with Crippen molar-refractivity contribution in [1.29, 1.82) is 0 Å². The molecule has 0 bridgehead atoms. The fourth-order valence-corrected chi connectivity index (χ4v) is 1.31. The van der Waals surface area contributed by atoms with E-state index < -0.39 is 5.97 Å². The average Bonchev–Trinajstić information content (AvgIpc) is 2.28. The van der Waals surface area contributed by atoms with Crippen LogP contribution in [0.3, 0.4) is 0 Å². The molecule has 1 aromatic rings.